The molecule has 0 saturated heterocycles. The van der Waals surface area contributed by atoms with Gasteiger partial charge in [-0.25, -0.2) is 0 Å². The van der Waals surface area contributed by atoms with E-state index in [0.717, 1.165) is 12.8 Å². The van der Waals surface area contributed by atoms with Gasteiger partial charge in [-0.3, -0.25) is 14.2 Å². The number of benzene rings is 1. The molecule has 0 fully saturated rings. The van der Waals surface area contributed by atoms with Crippen LogP contribution in [-0.4, -0.2) is 44.3 Å². The Kier molecular flexibility index (Phi) is 7.91. The number of aromatic hydroxyl groups is 1. The van der Waals surface area contributed by atoms with Crippen LogP contribution >= 0.6 is 11.8 Å². The van der Waals surface area contributed by atoms with Gasteiger partial charge in [-0.15, -0.1) is 0 Å². The Hall–Kier alpha value is -2.28. The SMILES string of the molecule is CCCCc1c(O)nc(SCC(=O)N(CC)CC)n(-c2ccccc2)c1=O. The predicted molar refractivity (Wildman–Crippen MR) is 109 cm³/mol. The van der Waals surface area contributed by atoms with E-state index in [1.807, 2.05) is 51.1 Å². The molecule has 0 radical (unpaired) electrons. The van der Waals surface area contributed by atoms with Gasteiger partial charge in [0, 0.05) is 13.1 Å². The van der Waals surface area contributed by atoms with Crippen LogP contribution in [0.25, 0.3) is 5.69 Å². The topological polar surface area (TPSA) is 75.4 Å². The molecule has 0 saturated carbocycles. The molecular formula is C20H27N3O3S. The van der Waals surface area contributed by atoms with Crippen LogP contribution in [0.1, 0.15) is 39.2 Å². The van der Waals surface area contributed by atoms with Gasteiger partial charge in [0.1, 0.15) is 0 Å². The van der Waals surface area contributed by atoms with E-state index in [0.29, 0.717) is 35.9 Å². The summed E-state index contributed by atoms with van der Waals surface area (Å²) in [7, 11) is 0. The normalized spacial score (nSPS) is 10.8. The number of thioether (sulfide) groups is 1. The van der Waals surface area contributed by atoms with Crippen molar-refractivity contribution in [1.82, 2.24) is 14.5 Å². The van der Waals surface area contributed by atoms with Crippen molar-refractivity contribution in [1.29, 1.82) is 0 Å². The summed E-state index contributed by atoms with van der Waals surface area (Å²) in [5.74, 6) is -0.0962. The van der Waals surface area contributed by atoms with Crippen molar-refractivity contribution in [3.05, 3.63) is 46.2 Å². The first-order valence-electron chi connectivity index (χ1n) is 9.34. The quantitative estimate of drug-likeness (QED) is 0.526. The highest BCUT2D eigenvalue weighted by atomic mass is 32.2. The smallest absolute Gasteiger partial charge is 0.265 e. The summed E-state index contributed by atoms with van der Waals surface area (Å²) in [6.45, 7) is 7.16. The number of hydrogen-bond donors (Lipinski definition) is 1. The maximum Gasteiger partial charge on any atom is 0.265 e. The van der Waals surface area contributed by atoms with Gasteiger partial charge in [-0.2, -0.15) is 4.98 Å². The summed E-state index contributed by atoms with van der Waals surface area (Å²) in [6, 6.07) is 9.20. The van der Waals surface area contributed by atoms with Crippen LogP contribution in [0.15, 0.2) is 40.3 Å². The minimum atomic E-state index is -0.278. The first kappa shape index (κ1) is 21.0. The lowest BCUT2D eigenvalue weighted by Gasteiger charge is -2.19. The summed E-state index contributed by atoms with van der Waals surface area (Å²) >= 11 is 1.17. The number of hydrogen-bond acceptors (Lipinski definition) is 5. The molecule has 27 heavy (non-hydrogen) atoms. The van der Waals surface area contributed by atoms with Crippen LogP contribution in [0, 0.1) is 0 Å². The van der Waals surface area contributed by atoms with E-state index in [2.05, 4.69) is 4.98 Å². The number of aromatic nitrogens is 2. The molecule has 0 unspecified atom stereocenters. The molecule has 1 heterocycles. The molecule has 2 rings (SSSR count). The molecule has 1 aromatic heterocycles. The van der Waals surface area contributed by atoms with Crippen molar-refractivity contribution in [3.8, 4) is 11.6 Å². The van der Waals surface area contributed by atoms with Gasteiger partial charge in [-0.05, 0) is 38.8 Å². The van der Waals surface area contributed by atoms with Gasteiger partial charge < -0.3 is 10.0 Å². The van der Waals surface area contributed by atoms with E-state index in [1.165, 1.54) is 16.3 Å². The van der Waals surface area contributed by atoms with Crippen LogP contribution in [0.4, 0.5) is 0 Å². The first-order valence-corrected chi connectivity index (χ1v) is 10.3. The van der Waals surface area contributed by atoms with E-state index in [4.69, 9.17) is 0 Å². The number of para-hydroxylation sites is 1. The van der Waals surface area contributed by atoms with Crippen molar-refractivity contribution < 1.29 is 9.90 Å². The van der Waals surface area contributed by atoms with Crippen molar-refractivity contribution in [2.45, 2.75) is 45.2 Å². The Balaban J connectivity index is 2.44. The summed E-state index contributed by atoms with van der Waals surface area (Å²) < 4.78 is 1.49. The Labute approximate surface area is 164 Å². The summed E-state index contributed by atoms with van der Waals surface area (Å²) in [5, 5.41) is 10.6. The fraction of sp³-hybridized carbons (Fsp3) is 0.450. The van der Waals surface area contributed by atoms with Gasteiger partial charge in [0.05, 0.1) is 17.0 Å². The van der Waals surface area contributed by atoms with Crippen molar-refractivity contribution in [3.63, 3.8) is 0 Å². The maximum absolute atomic E-state index is 13.1. The van der Waals surface area contributed by atoms with Crippen LogP contribution < -0.4 is 5.56 Å². The molecule has 0 atom stereocenters. The number of carbonyl (C=O) groups excluding carboxylic acids is 1. The predicted octanol–water partition coefficient (Wildman–Crippen LogP) is 3.24. The maximum atomic E-state index is 13.1. The van der Waals surface area contributed by atoms with Crippen LogP contribution in [-0.2, 0) is 11.2 Å². The van der Waals surface area contributed by atoms with Crippen molar-refractivity contribution in [2.75, 3.05) is 18.8 Å². The second-order valence-electron chi connectivity index (χ2n) is 6.13. The average Bonchev–Trinajstić information content (AvgIpc) is 2.67. The van der Waals surface area contributed by atoms with Gasteiger partial charge in [0.25, 0.3) is 5.56 Å². The van der Waals surface area contributed by atoms with E-state index < -0.39 is 0 Å². The lowest BCUT2D eigenvalue weighted by Crippen LogP contribution is -2.32. The van der Waals surface area contributed by atoms with E-state index in [9.17, 15) is 14.7 Å². The number of rotatable bonds is 9. The number of nitrogens with zero attached hydrogens (tertiary/aromatic N) is 3. The molecule has 6 nitrogen and oxygen atoms in total. The second kappa shape index (κ2) is 10.2. The fourth-order valence-electron chi connectivity index (χ4n) is 2.79. The highest BCUT2D eigenvalue weighted by Gasteiger charge is 2.19. The third-order valence-electron chi connectivity index (χ3n) is 4.36. The second-order valence-corrected chi connectivity index (χ2v) is 7.07. The minimum Gasteiger partial charge on any atom is -0.493 e. The molecule has 146 valence electrons. The molecule has 1 amide bonds. The molecule has 0 spiro atoms. The highest BCUT2D eigenvalue weighted by Crippen LogP contribution is 2.23. The molecular weight excluding hydrogens is 362 g/mol. The van der Waals surface area contributed by atoms with Gasteiger partial charge in [0.2, 0.25) is 11.8 Å². The zero-order valence-electron chi connectivity index (χ0n) is 16.1. The van der Waals surface area contributed by atoms with Crippen molar-refractivity contribution in [2.24, 2.45) is 0 Å². The minimum absolute atomic E-state index is 0.0200. The highest BCUT2D eigenvalue weighted by molar-refractivity contribution is 7.99. The zero-order chi connectivity index (χ0) is 19.8. The molecule has 0 bridgehead atoms. The monoisotopic (exact) mass is 389 g/mol. The molecule has 1 aromatic carbocycles. The third-order valence-corrected chi connectivity index (χ3v) is 5.28. The Morgan fingerprint density at radius 1 is 1.19 bits per heavy atom. The van der Waals surface area contributed by atoms with Crippen LogP contribution in [0.2, 0.25) is 0 Å². The zero-order valence-corrected chi connectivity index (χ0v) is 17.0. The van der Waals surface area contributed by atoms with Crippen LogP contribution in [0.5, 0.6) is 5.88 Å². The Bertz CT molecular complexity index is 817. The molecule has 2 aromatic rings. The van der Waals surface area contributed by atoms with E-state index in [-0.39, 0.29) is 23.1 Å². The number of amides is 1. The molecule has 0 aliphatic rings. The summed E-state index contributed by atoms with van der Waals surface area (Å²) in [4.78, 5) is 31.4. The largest absolute Gasteiger partial charge is 0.493 e. The van der Waals surface area contributed by atoms with Crippen molar-refractivity contribution >= 4 is 17.7 Å². The average molecular weight is 390 g/mol. The molecule has 0 aliphatic heterocycles. The van der Waals surface area contributed by atoms with Crippen LogP contribution in [0.3, 0.4) is 0 Å². The fourth-order valence-corrected chi connectivity index (χ4v) is 3.70. The van der Waals surface area contributed by atoms with Gasteiger partial charge in [-0.1, -0.05) is 43.3 Å². The lowest BCUT2D eigenvalue weighted by molar-refractivity contribution is -0.127. The summed E-state index contributed by atoms with van der Waals surface area (Å²) in [6.07, 6.45) is 2.19. The molecule has 1 N–H and O–H groups in total. The van der Waals surface area contributed by atoms with Gasteiger partial charge in [0.15, 0.2) is 5.16 Å². The summed E-state index contributed by atoms with van der Waals surface area (Å²) in [5.41, 5.74) is 0.714. The Morgan fingerprint density at radius 2 is 1.85 bits per heavy atom. The molecule has 0 aliphatic carbocycles. The first-order chi connectivity index (χ1) is 13.0. The van der Waals surface area contributed by atoms with E-state index in [1.54, 1.807) is 4.90 Å². The number of carbonyl (C=O) groups is 1. The third kappa shape index (κ3) is 5.13. The van der Waals surface area contributed by atoms with Gasteiger partial charge >= 0.3 is 0 Å². The molecule has 7 heteroatoms. The van der Waals surface area contributed by atoms with E-state index >= 15 is 0 Å². The lowest BCUT2D eigenvalue weighted by atomic mass is 10.1. The number of unbranched alkanes of at least 4 members (excludes halogenated alkanes) is 1. The standard InChI is InChI=1S/C20H27N3O3S/c1-4-7-13-16-18(25)21-20(27-14-17(24)22(5-2)6-3)23(19(16)26)15-11-9-8-10-12-15/h8-12,25H,4-7,13-14H2,1-3H3. The Morgan fingerprint density at radius 3 is 2.44 bits per heavy atom.